The lowest BCUT2D eigenvalue weighted by atomic mass is 10.1. The number of aryl methyl sites for hydroxylation is 1. The third kappa shape index (κ3) is 2.52. The van der Waals surface area contributed by atoms with Gasteiger partial charge in [0.1, 0.15) is 5.76 Å². The van der Waals surface area contributed by atoms with Crippen molar-refractivity contribution in [3.63, 3.8) is 0 Å². The molecule has 0 aromatic carbocycles. The topological polar surface area (TPSA) is 77.9 Å². The summed E-state index contributed by atoms with van der Waals surface area (Å²) in [6, 6.07) is 1.93. The molecule has 0 fully saturated rings. The first kappa shape index (κ1) is 12.3. The van der Waals surface area contributed by atoms with Crippen LogP contribution in [0.5, 0.6) is 0 Å². The van der Waals surface area contributed by atoms with E-state index in [1.54, 1.807) is 0 Å². The number of nitrogens with one attached hydrogen (secondary N) is 2. The highest BCUT2D eigenvalue weighted by molar-refractivity contribution is 7.71. The Hall–Kier alpha value is -1.73. The molecule has 2 aromatic rings. The molecule has 2 N–H and O–H groups in total. The molecule has 0 bridgehead atoms. The van der Waals surface area contributed by atoms with Crippen molar-refractivity contribution in [1.29, 1.82) is 0 Å². The monoisotopic (exact) mass is 278 g/mol. The summed E-state index contributed by atoms with van der Waals surface area (Å²) in [5, 5.41) is 3.99. The third-order valence-electron chi connectivity index (χ3n) is 3.25. The van der Waals surface area contributed by atoms with Crippen molar-refractivity contribution in [2.24, 2.45) is 0 Å². The second-order valence-corrected chi connectivity index (χ2v) is 5.16. The van der Waals surface area contributed by atoms with Gasteiger partial charge in [0.25, 0.3) is 5.56 Å². The number of H-pyrrole nitrogens is 2. The van der Waals surface area contributed by atoms with Crippen LogP contribution in [0.4, 0.5) is 0 Å². The Bertz CT molecular complexity index is 715. The molecule has 0 amide bonds. The van der Waals surface area contributed by atoms with Crippen molar-refractivity contribution >= 4 is 12.2 Å². The van der Waals surface area contributed by atoms with Crippen molar-refractivity contribution in [1.82, 2.24) is 20.0 Å². The minimum atomic E-state index is -0.0734. The van der Waals surface area contributed by atoms with Crippen LogP contribution < -0.4 is 5.56 Å². The molecule has 0 saturated carbocycles. The SMILES string of the molecule is Cc1cc(CN2CCc3c([nH]c(=S)[nH]c3=O)C2)no1. The van der Waals surface area contributed by atoms with Gasteiger partial charge in [-0.25, -0.2) is 0 Å². The third-order valence-corrected chi connectivity index (χ3v) is 3.46. The zero-order chi connectivity index (χ0) is 13.4. The van der Waals surface area contributed by atoms with Crippen molar-refractivity contribution in [2.45, 2.75) is 26.4 Å². The van der Waals surface area contributed by atoms with E-state index in [0.717, 1.165) is 29.3 Å². The van der Waals surface area contributed by atoms with E-state index in [1.165, 1.54) is 0 Å². The summed E-state index contributed by atoms with van der Waals surface area (Å²) < 4.78 is 5.44. The van der Waals surface area contributed by atoms with Gasteiger partial charge in [0.15, 0.2) is 4.77 Å². The first-order valence-corrected chi connectivity index (χ1v) is 6.51. The summed E-state index contributed by atoms with van der Waals surface area (Å²) in [5.41, 5.74) is 2.54. The fourth-order valence-corrected chi connectivity index (χ4v) is 2.60. The van der Waals surface area contributed by atoms with Gasteiger partial charge in [-0.05, 0) is 25.6 Å². The van der Waals surface area contributed by atoms with E-state index >= 15 is 0 Å². The second kappa shape index (κ2) is 4.75. The number of rotatable bonds is 2. The van der Waals surface area contributed by atoms with E-state index in [0.29, 0.717) is 24.3 Å². The quantitative estimate of drug-likeness (QED) is 0.809. The lowest BCUT2D eigenvalue weighted by Gasteiger charge is -2.26. The van der Waals surface area contributed by atoms with Crippen LogP contribution in [-0.2, 0) is 19.5 Å². The molecule has 0 atom stereocenters. The zero-order valence-electron chi connectivity index (χ0n) is 10.5. The normalized spacial score (nSPS) is 15.4. The maximum absolute atomic E-state index is 11.8. The molecule has 0 saturated heterocycles. The van der Waals surface area contributed by atoms with Crippen molar-refractivity contribution in [3.8, 4) is 0 Å². The molecule has 0 unspecified atom stereocenters. The van der Waals surface area contributed by atoms with Gasteiger partial charge in [-0.2, -0.15) is 0 Å². The van der Waals surface area contributed by atoms with E-state index in [-0.39, 0.29) is 5.56 Å². The molecule has 0 spiro atoms. The van der Waals surface area contributed by atoms with Crippen LogP contribution in [0.25, 0.3) is 0 Å². The highest BCUT2D eigenvalue weighted by Gasteiger charge is 2.20. The van der Waals surface area contributed by atoms with E-state index in [9.17, 15) is 4.79 Å². The van der Waals surface area contributed by atoms with Crippen molar-refractivity contribution in [2.75, 3.05) is 6.54 Å². The molecule has 2 aromatic heterocycles. The summed E-state index contributed by atoms with van der Waals surface area (Å²) in [4.78, 5) is 19.7. The largest absolute Gasteiger partial charge is 0.361 e. The Morgan fingerprint density at radius 1 is 1.53 bits per heavy atom. The van der Waals surface area contributed by atoms with Crippen LogP contribution >= 0.6 is 12.2 Å². The number of hydrogen-bond donors (Lipinski definition) is 2. The molecule has 100 valence electrons. The standard InChI is InChI=1S/C12H14N4O2S/c1-7-4-8(15-18-7)5-16-3-2-9-10(6-16)13-12(19)14-11(9)17/h4H,2-3,5-6H2,1H3,(H2,13,14,17,19). The van der Waals surface area contributed by atoms with E-state index in [4.69, 9.17) is 16.7 Å². The molecular weight excluding hydrogens is 264 g/mol. The highest BCUT2D eigenvalue weighted by Crippen LogP contribution is 2.15. The summed E-state index contributed by atoms with van der Waals surface area (Å²) in [5.74, 6) is 0.809. The van der Waals surface area contributed by atoms with Gasteiger partial charge < -0.3 is 9.51 Å². The van der Waals surface area contributed by atoms with Gasteiger partial charge >= 0.3 is 0 Å². The van der Waals surface area contributed by atoms with Gasteiger partial charge in [0.05, 0.1) is 5.69 Å². The molecule has 7 heteroatoms. The van der Waals surface area contributed by atoms with Crippen LogP contribution in [0, 0.1) is 11.7 Å². The minimum absolute atomic E-state index is 0.0734. The molecule has 0 radical (unpaired) electrons. The summed E-state index contributed by atoms with van der Waals surface area (Å²) in [7, 11) is 0. The van der Waals surface area contributed by atoms with Crippen LogP contribution in [0.15, 0.2) is 15.4 Å². The predicted octanol–water partition coefficient (Wildman–Crippen LogP) is 1.29. The molecule has 3 rings (SSSR count). The number of aromatic amines is 2. The fourth-order valence-electron chi connectivity index (χ4n) is 2.39. The number of hydrogen-bond acceptors (Lipinski definition) is 5. The summed E-state index contributed by atoms with van der Waals surface area (Å²) in [6.07, 6.45) is 0.716. The smallest absolute Gasteiger partial charge is 0.255 e. The Morgan fingerprint density at radius 3 is 3.11 bits per heavy atom. The predicted molar refractivity (Wildman–Crippen MR) is 71.3 cm³/mol. The van der Waals surface area contributed by atoms with Crippen LogP contribution in [-0.4, -0.2) is 26.6 Å². The second-order valence-electron chi connectivity index (χ2n) is 4.75. The lowest BCUT2D eigenvalue weighted by molar-refractivity contribution is 0.232. The van der Waals surface area contributed by atoms with E-state index in [2.05, 4.69) is 20.0 Å². The Labute approximate surface area is 114 Å². The molecule has 0 aliphatic carbocycles. The van der Waals surface area contributed by atoms with E-state index in [1.807, 2.05) is 13.0 Å². The molecular formula is C12H14N4O2S. The Balaban J connectivity index is 1.82. The molecule has 3 heterocycles. The van der Waals surface area contributed by atoms with Crippen LogP contribution in [0.2, 0.25) is 0 Å². The summed E-state index contributed by atoms with van der Waals surface area (Å²) >= 11 is 5.00. The fraction of sp³-hybridized carbons (Fsp3) is 0.417. The van der Waals surface area contributed by atoms with Crippen molar-refractivity contribution in [3.05, 3.63) is 43.9 Å². The maximum Gasteiger partial charge on any atom is 0.255 e. The highest BCUT2D eigenvalue weighted by atomic mass is 32.1. The Kier molecular flexibility index (Phi) is 3.08. The summed E-state index contributed by atoms with van der Waals surface area (Å²) in [6.45, 7) is 4.09. The number of fused-ring (bicyclic) bond motifs is 1. The number of aromatic nitrogens is 3. The zero-order valence-corrected chi connectivity index (χ0v) is 11.3. The average Bonchev–Trinajstić information content (AvgIpc) is 2.74. The first-order valence-electron chi connectivity index (χ1n) is 6.11. The molecule has 19 heavy (non-hydrogen) atoms. The van der Waals surface area contributed by atoms with E-state index < -0.39 is 0 Å². The molecule has 1 aliphatic rings. The van der Waals surface area contributed by atoms with Crippen LogP contribution in [0.3, 0.4) is 0 Å². The average molecular weight is 278 g/mol. The van der Waals surface area contributed by atoms with Gasteiger partial charge in [0, 0.05) is 37.0 Å². The lowest BCUT2D eigenvalue weighted by Crippen LogP contribution is -2.34. The molecule has 6 nitrogen and oxygen atoms in total. The van der Waals surface area contributed by atoms with Gasteiger partial charge in [-0.1, -0.05) is 5.16 Å². The minimum Gasteiger partial charge on any atom is -0.361 e. The number of nitrogens with zero attached hydrogens (tertiary/aromatic N) is 2. The van der Waals surface area contributed by atoms with Gasteiger partial charge in [0.2, 0.25) is 0 Å². The van der Waals surface area contributed by atoms with Crippen molar-refractivity contribution < 1.29 is 4.52 Å². The van der Waals surface area contributed by atoms with Gasteiger partial charge in [-0.15, -0.1) is 0 Å². The molecule has 1 aliphatic heterocycles. The van der Waals surface area contributed by atoms with Crippen LogP contribution in [0.1, 0.15) is 22.7 Å². The maximum atomic E-state index is 11.8. The van der Waals surface area contributed by atoms with Gasteiger partial charge in [-0.3, -0.25) is 14.7 Å². The Morgan fingerprint density at radius 2 is 2.37 bits per heavy atom. The first-order chi connectivity index (χ1) is 9.11.